The molecule has 5 rings (SSSR count). The number of aromatic nitrogens is 2. The average molecular weight is 453 g/mol. The first-order valence-electron chi connectivity index (χ1n) is 10.4. The standard InChI is InChI=1S/C23H24N4O2S2/c28-31(29,23-11-6-16-30-23)26-14-12-25(13-15-26)18-22-24-20-9-4-5-10-21(20)27(22)17-19-7-2-1-3-8-19/h1-11,16H,12-15,17-18H2. The van der Waals surface area contributed by atoms with Gasteiger partial charge in [0.2, 0.25) is 0 Å². The number of sulfonamides is 1. The molecule has 160 valence electrons. The van der Waals surface area contributed by atoms with Gasteiger partial charge in [-0.2, -0.15) is 4.31 Å². The van der Waals surface area contributed by atoms with Crippen LogP contribution in [-0.2, 0) is 23.1 Å². The molecule has 8 heteroatoms. The van der Waals surface area contributed by atoms with E-state index in [2.05, 4.69) is 39.8 Å². The molecule has 0 aliphatic carbocycles. The molecule has 0 unspecified atom stereocenters. The molecule has 31 heavy (non-hydrogen) atoms. The first-order valence-corrected chi connectivity index (χ1v) is 12.7. The fraction of sp³-hybridized carbons (Fsp3) is 0.261. The van der Waals surface area contributed by atoms with Crippen LogP contribution in [0.15, 0.2) is 76.3 Å². The van der Waals surface area contributed by atoms with Gasteiger partial charge in [-0.1, -0.05) is 48.5 Å². The Morgan fingerprint density at radius 2 is 1.58 bits per heavy atom. The van der Waals surface area contributed by atoms with Crippen LogP contribution in [0, 0.1) is 0 Å². The number of para-hydroxylation sites is 2. The van der Waals surface area contributed by atoms with Crippen molar-refractivity contribution in [3.63, 3.8) is 0 Å². The van der Waals surface area contributed by atoms with Crippen LogP contribution in [0.2, 0.25) is 0 Å². The van der Waals surface area contributed by atoms with Crippen LogP contribution < -0.4 is 0 Å². The van der Waals surface area contributed by atoms with E-state index < -0.39 is 10.0 Å². The number of piperazine rings is 1. The molecule has 2 aromatic carbocycles. The van der Waals surface area contributed by atoms with Gasteiger partial charge in [0, 0.05) is 32.7 Å². The number of hydrogen-bond donors (Lipinski definition) is 0. The number of thiophene rings is 1. The number of fused-ring (bicyclic) bond motifs is 1. The summed E-state index contributed by atoms with van der Waals surface area (Å²) in [6.07, 6.45) is 0. The highest BCUT2D eigenvalue weighted by Gasteiger charge is 2.29. The summed E-state index contributed by atoms with van der Waals surface area (Å²) in [5.41, 5.74) is 3.35. The molecule has 1 saturated heterocycles. The first-order chi connectivity index (χ1) is 15.1. The third kappa shape index (κ3) is 4.16. The quantitative estimate of drug-likeness (QED) is 0.448. The van der Waals surface area contributed by atoms with Crippen molar-refractivity contribution in [2.45, 2.75) is 17.3 Å². The predicted octanol–water partition coefficient (Wildman–Crippen LogP) is 3.65. The lowest BCUT2D eigenvalue weighted by Crippen LogP contribution is -2.48. The Hall–Kier alpha value is -2.52. The molecule has 0 amide bonds. The van der Waals surface area contributed by atoms with Crippen LogP contribution in [-0.4, -0.2) is 53.4 Å². The van der Waals surface area contributed by atoms with Crippen molar-refractivity contribution in [2.24, 2.45) is 0 Å². The molecule has 0 spiro atoms. The molecular formula is C23H24N4O2S2. The Bertz CT molecular complexity index is 1260. The number of hydrogen-bond acceptors (Lipinski definition) is 5. The molecule has 0 radical (unpaired) electrons. The molecule has 3 heterocycles. The van der Waals surface area contributed by atoms with E-state index in [0.717, 1.165) is 23.4 Å². The van der Waals surface area contributed by atoms with Crippen LogP contribution in [0.4, 0.5) is 0 Å². The summed E-state index contributed by atoms with van der Waals surface area (Å²) in [5, 5.41) is 1.81. The van der Waals surface area contributed by atoms with E-state index in [1.807, 2.05) is 24.3 Å². The Morgan fingerprint density at radius 3 is 2.32 bits per heavy atom. The maximum Gasteiger partial charge on any atom is 0.252 e. The Kier molecular flexibility index (Phi) is 5.62. The SMILES string of the molecule is O=S(=O)(c1cccs1)N1CCN(Cc2nc3ccccc3n2Cc2ccccc2)CC1. The van der Waals surface area contributed by atoms with E-state index in [1.54, 1.807) is 21.8 Å². The minimum Gasteiger partial charge on any atom is -0.322 e. The summed E-state index contributed by atoms with van der Waals surface area (Å²) < 4.78 is 29.9. The Morgan fingerprint density at radius 1 is 0.839 bits per heavy atom. The van der Waals surface area contributed by atoms with Gasteiger partial charge in [0.05, 0.1) is 17.6 Å². The van der Waals surface area contributed by atoms with Crippen molar-refractivity contribution < 1.29 is 8.42 Å². The van der Waals surface area contributed by atoms with Gasteiger partial charge in [0.1, 0.15) is 10.0 Å². The van der Waals surface area contributed by atoms with Crippen LogP contribution in [0.25, 0.3) is 11.0 Å². The number of imidazole rings is 1. The van der Waals surface area contributed by atoms with Gasteiger partial charge in [-0.15, -0.1) is 11.3 Å². The predicted molar refractivity (Wildman–Crippen MR) is 124 cm³/mol. The van der Waals surface area contributed by atoms with Gasteiger partial charge in [0.25, 0.3) is 10.0 Å². The lowest BCUT2D eigenvalue weighted by Gasteiger charge is -2.33. The maximum atomic E-state index is 12.8. The summed E-state index contributed by atoms with van der Waals surface area (Å²) in [5.74, 6) is 1.01. The number of nitrogens with zero attached hydrogens (tertiary/aromatic N) is 4. The fourth-order valence-electron chi connectivity index (χ4n) is 4.05. The summed E-state index contributed by atoms with van der Waals surface area (Å²) in [4.78, 5) is 7.20. The highest BCUT2D eigenvalue weighted by Crippen LogP contribution is 2.23. The van der Waals surface area contributed by atoms with Gasteiger partial charge in [-0.3, -0.25) is 4.90 Å². The monoisotopic (exact) mass is 452 g/mol. The number of rotatable bonds is 6. The average Bonchev–Trinajstić information content (AvgIpc) is 3.45. The van der Waals surface area contributed by atoms with Crippen molar-refractivity contribution in [1.29, 1.82) is 0 Å². The van der Waals surface area contributed by atoms with E-state index in [0.29, 0.717) is 36.9 Å². The molecular weight excluding hydrogens is 428 g/mol. The van der Waals surface area contributed by atoms with Gasteiger partial charge in [-0.05, 0) is 29.1 Å². The zero-order chi connectivity index (χ0) is 21.3. The van der Waals surface area contributed by atoms with Crippen LogP contribution in [0.1, 0.15) is 11.4 Å². The molecule has 1 aliphatic heterocycles. The van der Waals surface area contributed by atoms with E-state index in [1.165, 1.54) is 16.9 Å². The molecule has 1 aliphatic rings. The molecule has 0 saturated carbocycles. The van der Waals surface area contributed by atoms with Crippen LogP contribution in [0.3, 0.4) is 0 Å². The zero-order valence-corrected chi connectivity index (χ0v) is 18.7. The fourth-order valence-corrected chi connectivity index (χ4v) is 6.62. The van der Waals surface area contributed by atoms with Gasteiger partial charge >= 0.3 is 0 Å². The molecule has 4 aromatic rings. The van der Waals surface area contributed by atoms with Gasteiger partial charge in [0.15, 0.2) is 0 Å². The molecule has 6 nitrogen and oxygen atoms in total. The van der Waals surface area contributed by atoms with Crippen molar-refractivity contribution in [2.75, 3.05) is 26.2 Å². The molecule has 0 atom stereocenters. The van der Waals surface area contributed by atoms with E-state index in [9.17, 15) is 8.42 Å². The molecule has 2 aromatic heterocycles. The Balaban J connectivity index is 1.34. The largest absolute Gasteiger partial charge is 0.322 e. The third-order valence-electron chi connectivity index (χ3n) is 5.70. The maximum absolute atomic E-state index is 12.8. The lowest BCUT2D eigenvalue weighted by molar-refractivity contribution is 0.177. The molecule has 0 N–H and O–H groups in total. The first kappa shape index (κ1) is 20.4. The molecule has 0 bridgehead atoms. The highest BCUT2D eigenvalue weighted by molar-refractivity contribution is 7.91. The third-order valence-corrected chi connectivity index (χ3v) is 8.97. The molecule has 1 fully saturated rings. The summed E-state index contributed by atoms with van der Waals surface area (Å²) >= 11 is 1.28. The van der Waals surface area contributed by atoms with Crippen molar-refractivity contribution in [1.82, 2.24) is 18.8 Å². The normalized spacial score (nSPS) is 16.1. The Labute approximate surface area is 186 Å². The van der Waals surface area contributed by atoms with Crippen LogP contribution in [0.5, 0.6) is 0 Å². The number of benzene rings is 2. The lowest BCUT2D eigenvalue weighted by atomic mass is 10.2. The topological polar surface area (TPSA) is 58.4 Å². The smallest absolute Gasteiger partial charge is 0.252 e. The van der Waals surface area contributed by atoms with Crippen LogP contribution >= 0.6 is 11.3 Å². The zero-order valence-electron chi connectivity index (χ0n) is 17.1. The summed E-state index contributed by atoms with van der Waals surface area (Å²) in [6, 6.07) is 22.1. The second kappa shape index (κ2) is 8.55. The van der Waals surface area contributed by atoms with E-state index in [4.69, 9.17) is 4.98 Å². The summed E-state index contributed by atoms with van der Waals surface area (Å²) in [7, 11) is -3.38. The van der Waals surface area contributed by atoms with Gasteiger partial charge in [-0.25, -0.2) is 13.4 Å². The second-order valence-electron chi connectivity index (χ2n) is 7.70. The van der Waals surface area contributed by atoms with Crippen molar-refractivity contribution in [3.8, 4) is 0 Å². The van der Waals surface area contributed by atoms with E-state index >= 15 is 0 Å². The van der Waals surface area contributed by atoms with E-state index in [-0.39, 0.29) is 0 Å². The van der Waals surface area contributed by atoms with Crippen molar-refractivity contribution in [3.05, 3.63) is 83.5 Å². The van der Waals surface area contributed by atoms with Gasteiger partial charge < -0.3 is 4.57 Å². The minimum atomic E-state index is -3.38. The highest BCUT2D eigenvalue weighted by atomic mass is 32.2. The van der Waals surface area contributed by atoms with Crippen molar-refractivity contribution >= 4 is 32.4 Å². The summed E-state index contributed by atoms with van der Waals surface area (Å²) in [6.45, 7) is 3.86. The minimum absolute atomic E-state index is 0.422. The second-order valence-corrected chi connectivity index (χ2v) is 10.8.